The van der Waals surface area contributed by atoms with Gasteiger partial charge >= 0.3 is 5.97 Å². The molecule has 0 radical (unpaired) electrons. The van der Waals surface area contributed by atoms with Gasteiger partial charge in [0.1, 0.15) is 5.69 Å². The molecule has 2 aromatic rings. The van der Waals surface area contributed by atoms with Crippen molar-refractivity contribution in [1.82, 2.24) is 9.88 Å². The van der Waals surface area contributed by atoms with Gasteiger partial charge in [0.05, 0.1) is 24.6 Å². The number of nitrogens with one attached hydrogen (secondary N) is 1. The molecular formula is C16H21N5O3. The summed E-state index contributed by atoms with van der Waals surface area (Å²) in [5.74, 6) is 5.23. The van der Waals surface area contributed by atoms with E-state index in [0.29, 0.717) is 19.8 Å². The number of aromatic amines is 1. The van der Waals surface area contributed by atoms with Gasteiger partial charge < -0.3 is 20.6 Å². The van der Waals surface area contributed by atoms with Crippen LogP contribution in [0.2, 0.25) is 0 Å². The number of ether oxygens (including phenoxy) is 1. The number of anilines is 1. The molecule has 8 nitrogen and oxygen atoms in total. The van der Waals surface area contributed by atoms with Gasteiger partial charge in [-0.05, 0) is 24.3 Å². The fourth-order valence-electron chi connectivity index (χ4n) is 2.75. The molecule has 24 heavy (non-hydrogen) atoms. The van der Waals surface area contributed by atoms with E-state index in [0.717, 1.165) is 35.4 Å². The minimum Gasteiger partial charge on any atom is -0.477 e. The van der Waals surface area contributed by atoms with Gasteiger partial charge in [-0.3, -0.25) is 9.91 Å². The van der Waals surface area contributed by atoms with Crippen LogP contribution in [-0.4, -0.2) is 53.8 Å². The monoisotopic (exact) mass is 331 g/mol. The molecule has 3 rings (SSSR count). The first kappa shape index (κ1) is 16.3. The minimum atomic E-state index is -0.993. The lowest BCUT2D eigenvalue weighted by molar-refractivity contribution is 0.0420. The molecular weight excluding hydrogens is 310 g/mol. The van der Waals surface area contributed by atoms with E-state index in [-0.39, 0.29) is 5.69 Å². The largest absolute Gasteiger partial charge is 0.477 e. The molecule has 0 aliphatic carbocycles. The molecule has 1 saturated heterocycles. The van der Waals surface area contributed by atoms with Crippen LogP contribution in [0.15, 0.2) is 36.2 Å². The summed E-state index contributed by atoms with van der Waals surface area (Å²) in [5.41, 5.74) is 8.16. The van der Waals surface area contributed by atoms with Crippen molar-refractivity contribution in [2.24, 2.45) is 11.6 Å². The van der Waals surface area contributed by atoms with Crippen LogP contribution >= 0.6 is 0 Å². The number of nitrogens with zero attached hydrogens (tertiary/aromatic N) is 2. The second-order valence-corrected chi connectivity index (χ2v) is 5.68. The Labute approximate surface area is 139 Å². The third kappa shape index (κ3) is 3.35. The van der Waals surface area contributed by atoms with Crippen LogP contribution in [0.5, 0.6) is 0 Å². The second kappa shape index (κ2) is 6.91. The lowest BCUT2D eigenvalue weighted by Gasteiger charge is -2.30. The molecule has 0 bridgehead atoms. The number of nitrogens with two attached hydrogens (primary N) is 2. The number of carboxylic acid groups (broad SMARTS) is 1. The molecule has 1 aromatic heterocycles. The quantitative estimate of drug-likeness (QED) is 0.469. The van der Waals surface area contributed by atoms with E-state index in [1.54, 1.807) is 12.1 Å². The molecule has 0 atom stereocenters. The van der Waals surface area contributed by atoms with Crippen molar-refractivity contribution in [3.05, 3.63) is 41.9 Å². The average Bonchev–Trinajstić information content (AvgIpc) is 3.03. The number of hydrogen-bond acceptors (Lipinski definition) is 6. The molecule has 1 aliphatic rings. The van der Waals surface area contributed by atoms with E-state index in [1.807, 2.05) is 12.1 Å². The highest BCUT2D eigenvalue weighted by Gasteiger charge is 2.16. The van der Waals surface area contributed by atoms with Gasteiger partial charge in [0.25, 0.3) is 0 Å². The maximum absolute atomic E-state index is 11.1. The lowest BCUT2D eigenvalue weighted by Crippen LogP contribution is -2.42. The molecule has 0 unspecified atom stereocenters. The summed E-state index contributed by atoms with van der Waals surface area (Å²) in [5, 5.41) is 11.4. The number of hydrazine groups is 1. The van der Waals surface area contributed by atoms with Crippen molar-refractivity contribution >= 4 is 22.6 Å². The Balaban J connectivity index is 1.80. The van der Waals surface area contributed by atoms with Gasteiger partial charge in [-0.2, -0.15) is 0 Å². The normalized spacial score (nSPS) is 16.5. The first-order valence-corrected chi connectivity index (χ1v) is 7.70. The predicted molar refractivity (Wildman–Crippen MR) is 91.5 cm³/mol. The third-order valence-electron chi connectivity index (χ3n) is 4.10. The van der Waals surface area contributed by atoms with Crippen LogP contribution in [-0.2, 0) is 4.74 Å². The number of benzene rings is 1. The second-order valence-electron chi connectivity index (χ2n) is 5.68. The average molecular weight is 331 g/mol. The first-order valence-electron chi connectivity index (χ1n) is 7.70. The summed E-state index contributed by atoms with van der Waals surface area (Å²) in [6.45, 7) is 3.71. The summed E-state index contributed by atoms with van der Waals surface area (Å²) in [4.78, 5) is 16.1. The van der Waals surface area contributed by atoms with E-state index in [9.17, 15) is 4.79 Å². The van der Waals surface area contributed by atoms with E-state index in [2.05, 4.69) is 9.88 Å². The highest BCUT2D eigenvalue weighted by Crippen LogP contribution is 2.23. The zero-order valence-corrected chi connectivity index (χ0v) is 13.2. The number of morpholine rings is 1. The number of carboxylic acids is 1. The zero-order chi connectivity index (χ0) is 17.1. The van der Waals surface area contributed by atoms with Crippen molar-refractivity contribution in [2.75, 3.05) is 37.9 Å². The van der Waals surface area contributed by atoms with E-state index in [1.165, 1.54) is 11.2 Å². The van der Waals surface area contributed by atoms with Crippen LogP contribution in [0.25, 0.3) is 10.9 Å². The third-order valence-corrected chi connectivity index (χ3v) is 4.10. The van der Waals surface area contributed by atoms with Crippen LogP contribution in [0, 0.1) is 0 Å². The molecule has 128 valence electrons. The molecule has 0 spiro atoms. The number of aromatic carboxylic acids is 1. The summed E-state index contributed by atoms with van der Waals surface area (Å²) >= 11 is 0. The number of carbonyl (C=O) groups is 1. The van der Waals surface area contributed by atoms with Gasteiger partial charge in [-0.1, -0.05) is 0 Å². The Morgan fingerprint density at radius 2 is 2.12 bits per heavy atom. The lowest BCUT2D eigenvalue weighted by atomic mass is 10.2. The van der Waals surface area contributed by atoms with Crippen LogP contribution in [0.4, 0.5) is 5.69 Å². The fraction of sp³-hybridized carbons (Fsp3) is 0.312. The maximum atomic E-state index is 11.1. The Morgan fingerprint density at radius 3 is 2.79 bits per heavy atom. The Kier molecular flexibility index (Phi) is 4.70. The summed E-state index contributed by atoms with van der Waals surface area (Å²) in [7, 11) is 0. The zero-order valence-electron chi connectivity index (χ0n) is 13.2. The smallest absolute Gasteiger partial charge is 0.352 e. The number of rotatable bonds is 5. The number of fused-ring (bicyclic) bond motifs is 1. The van der Waals surface area contributed by atoms with Crippen molar-refractivity contribution in [3.8, 4) is 0 Å². The standard InChI is InChI=1S/C16H21N5O3/c17-9-13(10-20-3-5-24-6-4-20)21(18)12-1-2-14-11(7-12)8-15(19-14)16(22)23/h1-2,7-9,19H,3-6,10,17-18H2,(H,22,23)/b13-9-. The topological polar surface area (TPSA) is 121 Å². The van der Waals surface area contributed by atoms with Crippen molar-refractivity contribution in [3.63, 3.8) is 0 Å². The molecule has 1 aromatic carbocycles. The van der Waals surface area contributed by atoms with Gasteiger partial charge in [0.2, 0.25) is 0 Å². The van der Waals surface area contributed by atoms with Gasteiger partial charge in [0.15, 0.2) is 0 Å². The Bertz CT molecular complexity index is 764. The Morgan fingerprint density at radius 1 is 1.38 bits per heavy atom. The minimum absolute atomic E-state index is 0.147. The van der Waals surface area contributed by atoms with Crippen molar-refractivity contribution < 1.29 is 14.6 Å². The van der Waals surface area contributed by atoms with Gasteiger partial charge in [-0.25, -0.2) is 10.6 Å². The number of H-pyrrole nitrogens is 1. The van der Waals surface area contributed by atoms with Gasteiger partial charge in [-0.15, -0.1) is 0 Å². The molecule has 1 fully saturated rings. The van der Waals surface area contributed by atoms with E-state index >= 15 is 0 Å². The van der Waals surface area contributed by atoms with Crippen LogP contribution < -0.4 is 16.6 Å². The van der Waals surface area contributed by atoms with Gasteiger partial charge in [0, 0.05) is 36.7 Å². The van der Waals surface area contributed by atoms with E-state index in [4.69, 9.17) is 21.4 Å². The summed E-state index contributed by atoms with van der Waals surface area (Å²) in [6.07, 6.45) is 1.50. The number of hydrogen-bond donors (Lipinski definition) is 4. The molecule has 8 heteroatoms. The highest BCUT2D eigenvalue weighted by molar-refractivity contribution is 5.94. The highest BCUT2D eigenvalue weighted by atomic mass is 16.5. The van der Waals surface area contributed by atoms with Crippen LogP contribution in [0.3, 0.4) is 0 Å². The SMILES string of the molecule is N/C=C(/CN1CCOCC1)N(N)c1ccc2[nH]c(C(=O)O)cc2c1. The van der Waals surface area contributed by atoms with Crippen LogP contribution in [0.1, 0.15) is 10.5 Å². The van der Waals surface area contributed by atoms with Crippen molar-refractivity contribution in [1.29, 1.82) is 0 Å². The summed E-state index contributed by atoms with van der Waals surface area (Å²) in [6, 6.07) is 7.05. The van der Waals surface area contributed by atoms with Crippen molar-refractivity contribution in [2.45, 2.75) is 0 Å². The first-order chi connectivity index (χ1) is 11.6. The molecule has 0 saturated carbocycles. The molecule has 1 aliphatic heterocycles. The maximum Gasteiger partial charge on any atom is 0.352 e. The molecule has 2 heterocycles. The van der Waals surface area contributed by atoms with E-state index < -0.39 is 5.97 Å². The summed E-state index contributed by atoms with van der Waals surface area (Å²) < 4.78 is 5.34. The fourth-order valence-corrected chi connectivity index (χ4v) is 2.75. The Hall–Kier alpha value is -2.55. The molecule has 6 N–H and O–H groups in total. The number of aromatic nitrogens is 1. The molecule has 0 amide bonds. The predicted octanol–water partition coefficient (Wildman–Crippen LogP) is 0.679.